The summed E-state index contributed by atoms with van der Waals surface area (Å²) in [4.78, 5) is 8.22. The van der Waals surface area contributed by atoms with E-state index >= 15 is 0 Å². The van der Waals surface area contributed by atoms with E-state index in [2.05, 4.69) is 45.1 Å². The number of hydrogen-bond donors (Lipinski definition) is 1. The molecule has 1 saturated carbocycles. The Kier molecular flexibility index (Phi) is 3.79. The second kappa shape index (κ2) is 5.13. The monoisotopic (exact) mass is 283 g/mol. The van der Waals surface area contributed by atoms with Crippen molar-refractivity contribution in [2.45, 2.75) is 39.2 Å². The van der Waals surface area contributed by atoms with Crippen LogP contribution in [0.2, 0.25) is 0 Å². The summed E-state index contributed by atoms with van der Waals surface area (Å²) in [5, 5.41) is 3.51. The van der Waals surface area contributed by atoms with Gasteiger partial charge in [0.15, 0.2) is 0 Å². The van der Waals surface area contributed by atoms with Gasteiger partial charge in [0, 0.05) is 12.2 Å². The van der Waals surface area contributed by atoms with Gasteiger partial charge in [0.25, 0.3) is 0 Å². The Labute approximate surface area is 105 Å². The molecule has 0 saturated heterocycles. The lowest BCUT2D eigenvalue weighted by Crippen LogP contribution is -2.30. The smallest absolute Gasteiger partial charge is 0.143 e. The largest absolute Gasteiger partial charge is 0.366 e. The van der Waals surface area contributed by atoms with Gasteiger partial charge in [-0.2, -0.15) is 0 Å². The molecule has 1 fully saturated rings. The standard InChI is InChI=1S/C12H18BrN3/c1-8-3-9(2)5-10(4-8)16-12-11(13)6-14-7-15-12/h6-10H,3-5H2,1-2H3,(H,14,15,16). The van der Waals surface area contributed by atoms with Crippen molar-refractivity contribution in [2.75, 3.05) is 5.32 Å². The molecule has 0 spiro atoms. The molecule has 0 bridgehead atoms. The Hall–Kier alpha value is -0.640. The highest BCUT2D eigenvalue weighted by atomic mass is 79.9. The normalized spacial score (nSPS) is 30.1. The third-order valence-corrected chi connectivity index (χ3v) is 3.77. The van der Waals surface area contributed by atoms with Crippen LogP contribution in [0.4, 0.5) is 5.82 Å². The average molecular weight is 284 g/mol. The van der Waals surface area contributed by atoms with Gasteiger partial charge in [0.05, 0.1) is 4.47 Å². The lowest BCUT2D eigenvalue weighted by molar-refractivity contribution is 0.280. The van der Waals surface area contributed by atoms with Crippen LogP contribution in [0.3, 0.4) is 0 Å². The van der Waals surface area contributed by atoms with Gasteiger partial charge in [-0.05, 0) is 47.0 Å². The fraction of sp³-hybridized carbons (Fsp3) is 0.667. The van der Waals surface area contributed by atoms with Crippen LogP contribution in [-0.2, 0) is 0 Å². The minimum atomic E-state index is 0.546. The molecule has 1 heterocycles. The van der Waals surface area contributed by atoms with Crippen molar-refractivity contribution < 1.29 is 0 Å². The van der Waals surface area contributed by atoms with Crippen molar-refractivity contribution in [2.24, 2.45) is 11.8 Å². The van der Waals surface area contributed by atoms with Crippen molar-refractivity contribution in [1.29, 1.82) is 0 Å². The number of aromatic nitrogens is 2. The van der Waals surface area contributed by atoms with Gasteiger partial charge < -0.3 is 5.32 Å². The minimum absolute atomic E-state index is 0.546. The van der Waals surface area contributed by atoms with Crippen molar-refractivity contribution in [3.05, 3.63) is 17.0 Å². The summed E-state index contributed by atoms with van der Waals surface area (Å²) in [7, 11) is 0. The summed E-state index contributed by atoms with van der Waals surface area (Å²) < 4.78 is 0.945. The molecular formula is C12H18BrN3. The Morgan fingerprint density at radius 2 is 1.94 bits per heavy atom. The predicted molar refractivity (Wildman–Crippen MR) is 69.3 cm³/mol. The van der Waals surface area contributed by atoms with Crippen LogP contribution in [0.15, 0.2) is 17.0 Å². The number of halogens is 1. The highest BCUT2D eigenvalue weighted by Crippen LogP contribution is 2.31. The highest BCUT2D eigenvalue weighted by molar-refractivity contribution is 9.10. The molecule has 2 unspecified atom stereocenters. The van der Waals surface area contributed by atoms with Crippen molar-refractivity contribution in [3.63, 3.8) is 0 Å². The number of hydrogen-bond acceptors (Lipinski definition) is 3. The Balaban J connectivity index is 2.02. The molecule has 0 amide bonds. The van der Waals surface area contributed by atoms with Crippen LogP contribution < -0.4 is 5.32 Å². The molecule has 1 aliphatic rings. The lowest BCUT2D eigenvalue weighted by atomic mass is 9.80. The SMILES string of the molecule is CC1CC(C)CC(Nc2ncncc2Br)C1. The Morgan fingerprint density at radius 3 is 2.56 bits per heavy atom. The Morgan fingerprint density at radius 1 is 1.25 bits per heavy atom. The van der Waals surface area contributed by atoms with Gasteiger partial charge >= 0.3 is 0 Å². The van der Waals surface area contributed by atoms with Crippen LogP contribution in [0.25, 0.3) is 0 Å². The number of rotatable bonds is 2. The van der Waals surface area contributed by atoms with Crippen molar-refractivity contribution >= 4 is 21.7 Å². The van der Waals surface area contributed by atoms with Gasteiger partial charge in [0.2, 0.25) is 0 Å². The molecule has 0 radical (unpaired) electrons. The zero-order chi connectivity index (χ0) is 11.5. The maximum Gasteiger partial charge on any atom is 0.143 e. The molecule has 0 aliphatic heterocycles. The van der Waals surface area contributed by atoms with Crippen LogP contribution in [-0.4, -0.2) is 16.0 Å². The predicted octanol–water partition coefficient (Wildman–Crippen LogP) is 3.48. The molecule has 4 heteroatoms. The molecule has 2 atom stereocenters. The van der Waals surface area contributed by atoms with Gasteiger partial charge in [0.1, 0.15) is 12.1 Å². The summed E-state index contributed by atoms with van der Waals surface area (Å²) >= 11 is 3.47. The molecular weight excluding hydrogens is 266 g/mol. The number of nitrogens with one attached hydrogen (secondary N) is 1. The van der Waals surface area contributed by atoms with Gasteiger partial charge in [-0.25, -0.2) is 9.97 Å². The third-order valence-electron chi connectivity index (χ3n) is 3.19. The van der Waals surface area contributed by atoms with E-state index in [4.69, 9.17) is 0 Å². The average Bonchev–Trinajstić information content (AvgIpc) is 2.20. The highest BCUT2D eigenvalue weighted by Gasteiger charge is 2.24. The zero-order valence-electron chi connectivity index (χ0n) is 9.78. The first kappa shape index (κ1) is 11.8. The quantitative estimate of drug-likeness (QED) is 0.903. The summed E-state index contributed by atoms with van der Waals surface area (Å²) in [6.45, 7) is 4.67. The number of anilines is 1. The molecule has 3 nitrogen and oxygen atoms in total. The van der Waals surface area contributed by atoms with Gasteiger partial charge in [-0.1, -0.05) is 13.8 Å². The van der Waals surface area contributed by atoms with Crippen LogP contribution in [0.5, 0.6) is 0 Å². The number of nitrogens with zero attached hydrogens (tertiary/aromatic N) is 2. The van der Waals surface area contributed by atoms with E-state index in [1.54, 1.807) is 12.5 Å². The lowest BCUT2D eigenvalue weighted by Gasteiger charge is -2.32. The minimum Gasteiger partial charge on any atom is -0.366 e. The molecule has 2 rings (SSSR count). The molecule has 88 valence electrons. The van der Waals surface area contributed by atoms with E-state index in [0.29, 0.717) is 6.04 Å². The Bertz CT molecular complexity index is 346. The van der Waals surface area contributed by atoms with Gasteiger partial charge in [-0.3, -0.25) is 0 Å². The molecule has 1 aromatic rings. The van der Waals surface area contributed by atoms with E-state index in [0.717, 1.165) is 22.1 Å². The van der Waals surface area contributed by atoms with Gasteiger partial charge in [-0.15, -0.1) is 0 Å². The first-order valence-corrected chi connectivity index (χ1v) is 6.66. The molecule has 16 heavy (non-hydrogen) atoms. The summed E-state index contributed by atoms with van der Waals surface area (Å²) in [6, 6.07) is 0.546. The summed E-state index contributed by atoms with van der Waals surface area (Å²) in [6.07, 6.45) is 7.19. The molecule has 1 aromatic heterocycles. The fourth-order valence-electron chi connectivity index (χ4n) is 2.68. The third kappa shape index (κ3) is 2.94. The van der Waals surface area contributed by atoms with Crippen molar-refractivity contribution in [3.8, 4) is 0 Å². The summed E-state index contributed by atoms with van der Waals surface area (Å²) in [5.41, 5.74) is 0. The molecule has 1 aliphatic carbocycles. The van der Waals surface area contributed by atoms with Crippen LogP contribution in [0.1, 0.15) is 33.1 Å². The zero-order valence-corrected chi connectivity index (χ0v) is 11.4. The van der Waals surface area contributed by atoms with E-state index in [-0.39, 0.29) is 0 Å². The van der Waals surface area contributed by atoms with E-state index in [9.17, 15) is 0 Å². The van der Waals surface area contributed by atoms with Crippen LogP contribution >= 0.6 is 15.9 Å². The maximum absolute atomic E-state index is 4.25. The van der Waals surface area contributed by atoms with E-state index in [1.807, 2.05) is 0 Å². The van der Waals surface area contributed by atoms with E-state index in [1.165, 1.54) is 19.3 Å². The van der Waals surface area contributed by atoms with E-state index < -0.39 is 0 Å². The van der Waals surface area contributed by atoms with Crippen molar-refractivity contribution in [1.82, 2.24) is 9.97 Å². The van der Waals surface area contributed by atoms with Crippen LogP contribution in [0, 0.1) is 11.8 Å². The first-order chi connectivity index (χ1) is 7.65. The fourth-order valence-corrected chi connectivity index (χ4v) is 3.01. The second-order valence-corrected chi connectivity index (χ2v) is 5.83. The second-order valence-electron chi connectivity index (χ2n) is 4.98. The topological polar surface area (TPSA) is 37.8 Å². The molecule has 1 N–H and O–H groups in total. The maximum atomic E-state index is 4.25. The summed E-state index contributed by atoms with van der Waals surface area (Å²) in [5.74, 6) is 2.53. The first-order valence-electron chi connectivity index (χ1n) is 5.87. The molecule has 0 aromatic carbocycles.